The molecule has 0 radical (unpaired) electrons. The van der Waals surface area contributed by atoms with Crippen LogP contribution in [0.25, 0.3) is 11.3 Å². The van der Waals surface area contributed by atoms with Crippen LogP contribution in [0.3, 0.4) is 0 Å². The molecule has 2 aliphatic heterocycles. The van der Waals surface area contributed by atoms with Crippen molar-refractivity contribution in [2.75, 3.05) is 19.8 Å². The molecule has 4 bridgehead atoms. The van der Waals surface area contributed by atoms with Gasteiger partial charge in [0.05, 0.1) is 30.4 Å². The van der Waals surface area contributed by atoms with Crippen molar-refractivity contribution < 1.29 is 19.0 Å². The van der Waals surface area contributed by atoms with Gasteiger partial charge in [0.15, 0.2) is 0 Å². The van der Waals surface area contributed by atoms with Crippen molar-refractivity contribution in [2.24, 2.45) is 29.1 Å². The number of benzene rings is 1. The SMILES string of the molecule is O=C(NCC1C2CC3CC1CC(C(O)CC1c4c(F)cccc4-c4cncn41)(C3)C2)NC1CCOCC1. The molecule has 3 heterocycles. The normalized spacial score (nSPS) is 34.7. The van der Waals surface area contributed by atoms with Gasteiger partial charge in [0.1, 0.15) is 5.82 Å². The predicted molar refractivity (Wildman–Crippen MR) is 136 cm³/mol. The number of carbonyl (C=O) groups excluding carboxylic acids is 1. The van der Waals surface area contributed by atoms with E-state index in [0.717, 1.165) is 43.4 Å². The minimum absolute atomic E-state index is 0.0616. The number of ether oxygens (including phenoxy) is 1. The summed E-state index contributed by atoms with van der Waals surface area (Å²) < 4.78 is 22.4. The van der Waals surface area contributed by atoms with E-state index in [9.17, 15) is 14.3 Å². The van der Waals surface area contributed by atoms with Crippen molar-refractivity contribution in [2.45, 2.75) is 69.6 Å². The number of amides is 2. The highest BCUT2D eigenvalue weighted by atomic mass is 19.1. The van der Waals surface area contributed by atoms with Gasteiger partial charge >= 0.3 is 6.03 Å². The predicted octanol–water partition coefficient (Wildman–Crippen LogP) is 4.26. The Bertz CT molecular complexity index is 1160. The zero-order chi connectivity index (χ0) is 25.1. The van der Waals surface area contributed by atoms with Crippen molar-refractivity contribution in [1.82, 2.24) is 20.2 Å². The molecule has 8 heteroatoms. The number of hydrogen-bond donors (Lipinski definition) is 3. The van der Waals surface area contributed by atoms with Gasteiger partial charge in [0.2, 0.25) is 0 Å². The lowest BCUT2D eigenvalue weighted by Gasteiger charge is -2.61. The van der Waals surface area contributed by atoms with Gasteiger partial charge in [0, 0.05) is 36.9 Å². The van der Waals surface area contributed by atoms with Crippen molar-refractivity contribution in [1.29, 1.82) is 0 Å². The van der Waals surface area contributed by atoms with Gasteiger partial charge in [-0.05, 0) is 86.5 Å². The van der Waals surface area contributed by atoms with Crippen LogP contribution in [0, 0.1) is 34.9 Å². The Morgan fingerprint density at radius 3 is 2.78 bits per heavy atom. The van der Waals surface area contributed by atoms with E-state index in [1.807, 2.05) is 10.6 Å². The number of rotatable bonds is 6. The highest BCUT2D eigenvalue weighted by molar-refractivity contribution is 5.74. The topological polar surface area (TPSA) is 88.4 Å². The van der Waals surface area contributed by atoms with Crippen LogP contribution in [-0.2, 0) is 4.74 Å². The van der Waals surface area contributed by atoms with E-state index in [4.69, 9.17) is 4.74 Å². The fourth-order valence-corrected chi connectivity index (χ4v) is 8.92. The molecule has 8 rings (SSSR count). The summed E-state index contributed by atoms with van der Waals surface area (Å²) >= 11 is 0. The number of carbonyl (C=O) groups is 1. The molecule has 2 aromatic rings. The second-order valence-corrected chi connectivity index (χ2v) is 12.4. The van der Waals surface area contributed by atoms with E-state index < -0.39 is 6.10 Å². The zero-order valence-electron chi connectivity index (χ0n) is 21.2. The fourth-order valence-electron chi connectivity index (χ4n) is 8.92. The minimum atomic E-state index is -0.489. The van der Waals surface area contributed by atoms with Gasteiger partial charge in [-0.3, -0.25) is 0 Å². The average Bonchev–Trinajstić information content (AvgIpc) is 3.47. The molecule has 0 spiro atoms. The maximum Gasteiger partial charge on any atom is 0.315 e. The van der Waals surface area contributed by atoms with Crippen LogP contribution < -0.4 is 10.6 Å². The molecule has 3 N–H and O–H groups in total. The number of fused-ring (bicyclic) bond motifs is 3. The molecule has 1 aromatic carbocycles. The van der Waals surface area contributed by atoms with E-state index in [0.29, 0.717) is 55.4 Å². The summed E-state index contributed by atoms with van der Waals surface area (Å²) in [4.78, 5) is 16.9. The second-order valence-electron chi connectivity index (χ2n) is 12.4. The van der Waals surface area contributed by atoms with Crippen molar-refractivity contribution >= 4 is 6.03 Å². The molecule has 5 fully saturated rings. The maximum atomic E-state index is 15.0. The number of aliphatic hydroxyl groups is 1. The number of imidazole rings is 1. The smallest absolute Gasteiger partial charge is 0.315 e. The number of aromatic nitrogens is 2. The number of hydrogen-bond acceptors (Lipinski definition) is 4. The molecule has 4 aliphatic carbocycles. The Balaban J connectivity index is 1.04. The molecule has 7 nitrogen and oxygen atoms in total. The van der Waals surface area contributed by atoms with E-state index in [1.54, 1.807) is 18.6 Å². The Morgan fingerprint density at radius 2 is 2.00 bits per heavy atom. The lowest BCUT2D eigenvalue weighted by atomic mass is 9.44. The van der Waals surface area contributed by atoms with Gasteiger partial charge < -0.3 is 25.0 Å². The third kappa shape index (κ3) is 3.98. The average molecular weight is 509 g/mol. The summed E-state index contributed by atoms with van der Waals surface area (Å²) in [5.74, 6) is 1.98. The number of nitrogens with one attached hydrogen (secondary N) is 2. The standard InChI is InChI=1S/C29H37FN4O3/c30-23-3-1-2-21-25-15-31-16-34(25)24(27(21)23)10-26(35)29-11-17-8-18(12-29)22(19(9-17)13-29)14-32-28(36)33-20-4-6-37-7-5-20/h1-3,15-20,22,24,26,35H,4-14H2,(H2,32,33,36). The summed E-state index contributed by atoms with van der Waals surface area (Å²) in [5, 5.41) is 18.1. The third-order valence-corrected chi connectivity index (χ3v) is 10.4. The summed E-state index contributed by atoms with van der Waals surface area (Å²) in [6.45, 7) is 2.14. The van der Waals surface area contributed by atoms with E-state index >= 15 is 0 Å². The largest absolute Gasteiger partial charge is 0.392 e. The zero-order valence-corrected chi connectivity index (χ0v) is 21.2. The highest BCUT2D eigenvalue weighted by Gasteiger charge is 2.58. The Labute approximate surface area is 217 Å². The summed E-state index contributed by atoms with van der Waals surface area (Å²) in [7, 11) is 0. The van der Waals surface area contributed by atoms with Crippen molar-refractivity contribution in [3.63, 3.8) is 0 Å². The summed E-state index contributed by atoms with van der Waals surface area (Å²) in [5.41, 5.74) is 2.42. The first-order valence-corrected chi connectivity index (χ1v) is 14.1. The van der Waals surface area contributed by atoms with Gasteiger partial charge in [-0.15, -0.1) is 0 Å². The van der Waals surface area contributed by atoms with Crippen LogP contribution in [-0.4, -0.2) is 52.6 Å². The molecule has 2 amide bonds. The molecule has 6 aliphatic rings. The number of nitrogens with zero attached hydrogens (tertiary/aromatic N) is 2. The Hall–Kier alpha value is -2.45. The number of halogens is 1. The lowest BCUT2D eigenvalue weighted by Crippen LogP contribution is -2.58. The first-order chi connectivity index (χ1) is 18.0. The summed E-state index contributed by atoms with van der Waals surface area (Å²) in [6.07, 6.45) is 10.8. The fraction of sp³-hybridized carbons (Fsp3) is 0.655. The molecule has 1 saturated heterocycles. The molecule has 37 heavy (non-hydrogen) atoms. The van der Waals surface area contributed by atoms with Gasteiger partial charge in [-0.2, -0.15) is 0 Å². The quantitative estimate of drug-likeness (QED) is 0.544. The first-order valence-electron chi connectivity index (χ1n) is 14.1. The van der Waals surface area contributed by atoms with Gasteiger partial charge in [-0.1, -0.05) is 12.1 Å². The van der Waals surface area contributed by atoms with Crippen LogP contribution in [0.5, 0.6) is 0 Å². The minimum Gasteiger partial charge on any atom is -0.392 e. The molecule has 1 aromatic heterocycles. The van der Waals surface area contributed by atoms with Crippen LogP contribution in [0.1, 0.15) is 63.0 Å². The molecule has 4 saturated carbocycles. The second kappa shape index (κ2) is 9.09. The van der Waals surface area contributed by atoms with Crippen LogP contribution in [0.15, 0.2) is 30.7 Å². The van der Waals surface area contributed by atoms with Gasteiger partial charge in [0.25, 0.3) is 0 Å². The van der Waals surface area contributed by atoms with Gasteiger partial charge in [-0.25, -0.2) is 14.2 Å². The third-order valence-electron chi connectivity index (χ3n) is 10.4. The molecule has 198 valence electrons. The van der Waals surface area contributed by atoms with Crippen LogP contribution >= 0.6 is 0 Å². The lowest BCUT2D eigenvalue weighted by molar-refractivity contribution is -0.149. The summed E-state index contributed by atoms with van der Waals surface area (Å²) in [6, 6.07) is 5.16. The number of urea groups is 1. The molecular weight excluding hydrogens is 471 g/mol. The molecule has 4 atom stereocenters. The monoisotopic (exact) mass is 508 g/mol. The van der Waals surface area contributed by atoms with E-state index in [1.165, 1.54) is 18.9 Å². The molecule has 4 unspecified atom stereocenters. The van der Waals surface area contributed by atoms with Crippen LogP contribution in [0.4, 0.5) is 9.18 Å². The number of aliphatic hydroxyl groups excluding tert-OH is 1. The van der Waals surface area contributed by atoms with Crippen molar-refractivity contribution in [3.05, 3.63) is 42.1 Å². The molecular formula is C29H37FN4O3. The Morgan fingerprint density at radius 1 is 1.22 bits per heavy atom. The highest BCUT2D eigenvalue weighted by Crippen LogP contribution is 2.64. The van der Waals surface area contributed by atoms with E-state index in [2.05, 4.69) is 15.6 Å². The van der Waals surface area contributed by atoms with Crippen molar-refractivity contribution in [3.8, 4) is 11.3 Å². The Kier molecular flexibility index (Phi) is 5.81. The van der Waals surface area contributed by atoms with E-state index in [-0.39, 0.29) is 29.3 Å². The first kappa shape index (κ1) is 23.7. The van der Waals surface area contributed by atoms with Crippen LogP contribution in [0.2, 0.25) is 0 Å². The maximum absolute atomic E-state index is 15.0.